The molecule has 2 heterocycles. The van der Waals surface area contributed by atoms with E-state index in [0.29, 0.717) is 6.61 Å². The lowest BCUT2D eigenvalue weighted by Gasteiger charge is -2.46. The third kappa shape index (κ3) is 2.94. The molecule has 2 saturated heterocycles. The molecule has 4 heteroatoms. The van der Waals surface area contributed by atoms with E-state index in [1.807, 2.05) is 0 Å². The molecule has 0 aliphatic carbocycles. The number of aliphatic hydroxyl groups excluding tert-OH is 1. The molecule has 0 saturated carbocycles. The van der Waals surface area contributed by atoms with E-state index in [1.165, 1.54) is 6.42 Å². The van der Waals surface area contributed by atoms with Crippen LogP contribution in [0.25, 0.3) is 0 Å². The summed E-state index contributed by atoms with van der Waals surface area (Å²) in [5.74, 6) is 0. The third-order valence-electron chi connectivity index (χ3n) is 3.76. The number of nitrogens with zero attached hydrogens (tertiary/aromatic N) is 1. The van der Waals surface area contributed by atoms with Gasteiger partial charge in [0.1, 0.15) is 0 Å². The fraction of sp³-hybridized carbons (Fsp3) is 1.00. The highest BCUT2D eigenvalue weighted by Gasteiger charge is 2.40. The lowest BCUT2D eigenvalue weighted by molar-refractivity contribution is -0.146. The maximum absolute atomic E-state index is 9.77. The van der Waals surface area contributed by atoms with Gasteiger partial charge in [0.25, 0.3) is 0 Å². The van der Waals surface area contributed by atoms with Gasteiger partial charge in [0, 0.05) is 19.6 Å². The van der Waals surface area contributed by atoms with Crippen LogP contribution in [0.3, 0.4) is 0 Å². The Morgan fingerprint density at radius 3 is 3.12 bits per heavy atom. The molecule has 1 spiro atoms. The van der Waals surface area contributed by atoms with Gasteiger partial charge < -0.3 is 20.5 Å². The SMILES string of the molecule is NCCCN1CCCC2(CC(O)CCO2)C1. The summed E-state index contributed by atoms with van der Waals surface area (Å²) in [6.45, 7) is 4.67. The summed E-state index contributed by atoms with van der Waals surface area (Å²) in [6, 6.07) is 0. The van der Waals surface area contributed by atoms with Crippen molar-refractivity contribution >= 4 is 0 Å². The molecule has 3 N–H and O–H groups in total. The Morgan fingerprint density at radius 1 is 1.50 bits per heavy atom. The molecule has 2 aliphatic rings. The number of hydrogen-bond donors (Lipinski definition) is 2. The van der Waals surface area contributed by atoms with Gasteiger partial charge in [0.05, 0.1) is 11.7 Å². The zero-order valence-electron chi connectivity index (χ0n) is 10.0. The minimum Gasteiger partial charge on any atom is -0.393 e. The van der Waals surface area contributed by atoms with Crippen LogP contribution in [-0.4, -0.2) is 54.5 Å². The molecule has 0 aromatic heterocycles. The molecule has 2 unspecified atom stereocenters. The summed E-state index contributed by atoms with van der Waals surface area (Å²) in [7, 11) is 0. The van der Waals surface area contributed by atoms with E-state index in [2.05, 4.69) is 4.90 Å². The second kappa shape index (κ2) is 5.45. The lowest BCUT2D eigenvalue weighted by Crippen LogP contribution is -2.54. The fourth-order valence-corrected chi connectivity index (χ4v) is 2.98. The fourth-order valence-electron chi connectivity index (χ4n) is 2.98. The zero-order chi connectivity index (χ0) is 11.4. The highest BCUT2D eigenvalue weighted by Crippen LogP contribution is 2.33. The highest BCUT2D eigenvalue weighted by molar-refractivity contribution is 4.93. The van der Waals surface area contributed by atoms with Crippen molar-refractivity contribution in [1.82, 2.24) is 4.90 Å². The maximum Gasteiger partial charge on any atom is 0.0833 e. The summed E-state index contributed by atoms with van der Waals surface area (Å²) < 4.78 is 5.95. The van der Waals surface area contributed by atoms with Crippen molar-refractivity contribution in [3.8, 4) is 0 Å². The van der Waals surface area contributed by atoms with E-state index in [0.717, 1.165) is 51.9 Å². The van der Waals surface area contributed by atoms with Crippen LogP contribution in [0.5, 0.6) is 0 Å². The number of piperidine rings is 1. The van der Waals surface area contributed by atoms with Crippen LogP contribution in [0.1, 0.15) is 32.1 Å². The summed E-state index contributed by atoms with van der Waals surface area (Å²) in [5.41, 5.74) is 5.47. The average Bonchev–Trinajstić information content (AvgIpc) is 2.26. The Hall–Kier alpha value is -0.160. The first-order chi connectivity index (χ1) is 7.74. The second-order valence-corrected chi connectivity index (χ2v) is 5.20. The number of ether oxygens (including phenoxy) is 1. The van der Waals surface area contributed by atoms with Crippen molar-refractivity contribution in [2.75, 3.05) is 32.8 Å². The Morgan fingerprint density at radius 2 is 2.38 bits per heavy atom. The predicted octanol–water partition coefficient (Wildman–Crippen LogP) is 0.341. The van der Waals surface area contributed by atoms with Crippen LogP contribution in [0, 0.1) is 0 Å². The second-order valence-electron chi connectivity index (χ2n) is 5.20. The monoisotopic (exact) mass is 228 g/mol. The van der Waals surface area contributed by atoms with E-state index >= 15 is 0 Å². The zero-order valence-corrected chi connectivity index (χ0v) is 10.0. The summed E-state index contributed by atoms with van der Waals surface area (Å²) in [4.78, 5) is 2.44. The van der Waals surface area contributed by atoms with Crippen LogP contribution in [0.4, 0.5) is 0 Å². The molecular formula is C12H24N2O2. The van der Waals surface area contributed by atoms with E-state index in [1.54, 1.807) is 0 Å². The number of aliphatic hydroxyl groups is 1. The average molecular weight is 228 g/mol. The molecule has 0 amide bonds. The van der Waals surface area contributed by atoms with Crippen molar-refractivity contribution in [1.29, 1.82) is 0 Å². The number of hydrogen-bond acceptors (Lipinski definition) is 4. The topological polar surface area (TPSA) is 58.7 Å². The van der Waals surface area contributed by atoms with E-state index in [-0.39, 0.29) is 11.7 Å². The standard InChI is InChI=1S/C12H24N2O2/c13-5-2-7-14-6-1-4-12(10-14)9-11(15)3-8-16-12/h11,15H,1-10,13H2. The Labute approximate surface area is 97.7 Å². The Kier molecular flexibility index (Phi) is 4.19. The first-order valence-corrected chi connectivity index (χ1v) is 6.49. The minimum atomic E-state index is -0.164. The van der Waals surface area contributed by atoms with Crippen molar-refractivity contribution < 1.29 is 9.84 Å². The van der Waals surface area contributed by atoms with Gasteiger partial charge in [-0.3, -0.25) is 0 Å². The highest BCUT2D eigenvalue weighted by atomic mass is 16.5. The normalized spacial score (nSPS) is 36.8. The lowest BCUT2D eigenvalue weighted by atomic mass is 9.84. The van der Waals surface area contributed by atoms with Gasteiger partial charge >= 0.3 is 0 Å². The minimum absolute atomic E-state index is 0.0650. The van der Waals surface area contributed by atoms with Crippen LogP contribution in [0.15, 0.2) is 0 Å². The molecule has 0 aromatic rings. The molecule has 2 atom stereocenters. The Bertz CT molecular complexity index is 221. The van der Waals surface area contributed by atoms with E-state index in [4.69, 9.17) is 10.5 Å². The molecule has 16 heavy (non-hydrogen) atoms. The van der Waals surface area contributed by atoms with Gasteiger partial charge in [0.15, 0.2) is 0 Å². The van der Waals surface area contributed by atoms with Gasteiger partial charge in [0.2, 0.25) is 0 Å². The van der Waals surface area contributed by atoms with Gasteiger partial charge in [-0.2, -0.15) is 0 Å². The molecule has 2 fully saturated rings. The van der Waals surface area contributed by atoms with Crippen molar-refractivity contribution in [2.45, 2.75) is 43.8 Å². The first kappa shape index (κ1) is 12.3. The molecule has 2 rings (SSSR count). The molecule has 4 nitrogen and oxygen atoms in total. The summed E-state index contributed by atoms with van der Waals surface area (Å²) in [6.07, 6.45) is 4.78. The van der Waals surface area contributed by atoms with E-state index < -0.39 is 0 Å². The molecule has 94 valence electrons. The number of rotatable bonds is 3. The van der Waals surface area contributed by atoms with Gasteiger partial charge in [-0.25, -0.2) is 0 Å². The Balaban J connectivity index is 1.89. The van der Waals surface area contributed by atoms with Gasteiger partial charge in [-0.15, -0.1) is 0 Å². The maximum atomic E-state index is 9.77. The number of likely N-dealkylation sites (tertiary alicyclic amines) is 1. The number of nitrogens with two attached hydrogens (primary N) is 1. The quantitative estimate of drug-likeness (QED) is 0.731. The molecular weight excluding hydrogens is 204 g/mol. The molecule has 0 radical (unpaired) electrons. The molecule has 0 bridgehead atoms. The van der Waals surface area contributed by atoms with Crippen LogP contribution >= 0.6 is 0 Å². The van der Waals surface area contributed by atoms with Gasteiger partial charge in [-0.05, 0) is 45.3 Å². The third-order valence-corrected chi connectivity index (χ3v) is 3.76. The van der Waals surface area contributed by atoms with Gasteiger partial charge in [-0.1, -0.05) is 0 Å². The van der Waals surface area contributed by atoms with Crippen LogP contribution in [-0.2, 0) is 4.74 Å². The van der Waals surface area contributed by atoms with Crippen molar-refractivity contribution in [3.05, 3.63) is 0 Å². The van der Waals surface area contributed by atoms with Crippen molar-refractivity contribution in [3.63, 3.8) is 0 Å². The molecule has 0 aromatic carbocycles. The predicted molar refractivity (Wildman–Crippen MR) is 63.3 cm³/mol. The smallest absolute Gasteiger partial charge is 0.0833 e. The van der Waals surface area contributed by atoms with Crippen molar-refractivity contribution in [2.24, 2.45) is 5.73 Å². The summed E-state index contributed by atoms with van der Waals surface area (Å²) >= 11 is 0. The van der Waals surface area contributed by atoms with Crippen LogP contribution in [0.2, 0.25) is 0 Å². The first-order valence-electron chi connectivity index (χ1n) is 6.49. The largest absolute Gasteiger partial charge is 0.393 e. The summed E-state index contributed by atoms with van der Waals surface area (Å²) in [5, 5.41) is 9.77. The molecule has 2 aliphatic heterocycles. The van der Waals surface area contributed by atoms with E-state index in [9.17, 15) is 5.11 Å². The van der Waals surface area contributed by atoms with Crippen LogP contribution < -0.4 is 5.73 Å².